The molecule has 0 atom stereocenters. The normalized spacial score (nSPS) is 13.8. The van der Waals surface area contributed by atoms with Crippen molar-refractivity contribution >= 4 is 11.8 Å². The van der Waals surface area contributed by atoms with E-state index in [9.17, 15) is 9.59 Å². The van der Waals surface area contributed by atoms with Gasteiger partial charge in [-0.1, -0.05) is 73.0 Å². The smallest absolute Gasteiger partial charge is 0.247 e. The summed E-state index contributed by atoms with van der Waals surface area (Å²) in [6.45, 7) is 2.28. The molecule has 1 N–H and O–H groups in total. The molecule has 1 saturated carbocycles. The number of hydrogen-bond donors (Lipinski definition) is 1. The van der Waals surface area contributed by atoms with E-state index in [4.69, 9.17) is 0 Å². The lowest BCUT2D eigenvalue weighted by atomic mass is 10.1. The Morgan fingerprint density at radius 3 is 2.50 bits per heavy atom. The van der Waals surface area contributed by atoms with Crippen molar-refractivity contribution in [2.24, 2.45) is 0 Å². The average molecular weight is 433 g/mol. The Morgan fingerprint density at radius 2 is 1.78 bits per heavy atom. The molecule has 2 amide bonds. The van der Waals surface area contributed by atoms with Crippen molar-refractivity contribution in [3.8, 4) is 11.4 Å². The van der Waals surface area contributed by atoms with Crippen molar-refractivity contribution in [2.75, 3.05) is 6.54 Å². The zero-order valence-electron chi connectivity index (χ0n) is 18.3. The summed E-state index contributed by atoms with van der Waals surface area (Å²) in [5.74, 6) is 0.0998. The highest BCUT2D eigenvalue weighted by molar-refractivity contribution is 5.84. The molecule has 166 valence electrons. The second-order valence-corrected chi connectivity index (χ2v) is 8.29. The molecule has 0 radical (unpaired) electrons. The molecule has 1 fully saturated rings. The van der Waals surface area contributed by atoms with Crippen LogP contribution in [0.25, 0.3) is 11.4 Å². The molecule has 1 aromatic heterocycles. The second kappa shape index (κ2) is 10.2. The van der Waals surface area contributed by atoms with Crippen LogP contribution >= 0.6 is 0 Å². The Hall–Kier alpha value is -3.55. The fraction of sp³-hybridized carbons (Fsp3) is 0.375. The number of nitrogens with one attached hydrogen (secondary N) is 1. The van der Waals surface area contributed by atoms with Gasteiger partial charge in [-0.05, 0) is 30.5 Å². The molecular formula is C24H28N6O2. The van der Waals surface area contributed by atoms with Crippen molar-refractivity contribution in [3.63, 3.8) is 0 Å². The van der Waals surface area contributed by atoms with E-state index in [0.717, 1.165) is 42.4 Å². The maximum Gasteiger partial charge on any atom is 0.247 e. The van der Waals surface area contributed by atoms with Crippen molar-refractivity contribution in [2.45, 2.75) is 51.7 Å². The maximum absolute atomic E-state index is 13.1. The lowest BCUT2D eigenvalue weighted by Crippen LogP contribution is -2.44. The van der Waals surface area contributed by atoms with Crippen LogP contribution in [0.5, 0.6) is 0 Å². The van der Waals surface area contributed by atoms with Crippen LogP contribution in [0.4, 0.5) is 0 Å². The Labute approximate surface area is 187 Å². The van der Waals surface area contributed by atoms with Gasteiger partial charge in [0.25, 0.3) is 0 Å². The Bertz CT molecular complexity index is 1040. The summed E-state index contributed by atoms with van der Waals surface area (Å²) in [7, 11) is 0. The largest absolute Gasteiger partial charge is 0.352 e. The first-order valence-corrected chi connectivity index (χ1v) is 11.0. The number of hydrogen-bond acceptors (Lipinski definition) is 5. The summed E-state index contributed by atoms with van der Waals surface area (Å²) in [4.78, 5) is 28.5. The number of benzene rings is 2. The number of carbonyl (C=O) groups excluding carboxylic acids is 2. The Morgan fingerprint density at radius 1 is 1.06 bits per heavy atom. The number of tetrazole rings is 1. The number of carbonyl (C=O) groups is 2. The monoisotopic (exact) mass is 432 g/mol. The molecule has 8 nitrogen and oxygen atoms in total. The highest BCUT2D eigenvalue weighted by atomic mass is 16.2. The van der Waals surface area contributed by atoms with Gasteiger partial charge in [-0.15, -0.1) is 10.2 Å². The van der Waals surface area contributed by atoms with E-state index in [1.54, 1.807) is 4.90 Å². The van der Waals surface area contributed by atoms with Crippen LogP contribution in [-0.2, 0) is 22.7 Å². The molecule has 2 aromatic carbocycles. The van der Waals surface area contributed by atoms with Gasteiger partial charge in [0.1, 0.15) is 6.54 Å². The standard InChI is InChI=1S/C24H28N6O2/c1-18-11-13-20(14-12-18)24-26-28-30(27-24)17-23(32)29(15-19-7-3-2-4-8-19)16-22(31)25-21-9-5-6-10-21/h2-4,7-8,11-14,21H,5-6,9-10,15-17H2,1H3,(H,25,31). The maximum atomic E-state index is 13.1. The third-order valence-electron chi connectivity index (χ3n) is 5.66. The molecule has 1 heterocycles. The molecule has 32 heavy (non-hydrogen) atoms. The van der Waals surface area contributed by atoms with E-state index in [1.165, 1.54) is 4.80 Å². The molecule has 0 spiro atoms. The lowest BCUT2D eigenvalue weighted by molar-refractivity contribution is -0.137. The Kier molecular flexibility index (Phi) is 6.89. The van der Waals surface area contributed by atoms with Gasteiger partial charge in [-0.3, -0.25) is 9.59 Å². The van der Waals surface area contributed by atoms with Crippen LogP contribution < -0.4 is 5.32 Å². The van der Waals surface area contributed by atoms with Crippen LogP contribution in [-0.4, -0.2) is 49.5 Å². The molecule has 0 saturated heterocycles. The second-order valence-electron chi connectivity index (χ2n) is 8.29. The van der Waals surface area contributed by atoms with Gasteiger partial charge in [-0.25, -0.2) is 0 Å². The Balaban J connectivity index is 1.44. The van der Waals surface area contributed by atoms with E-state index in [1.807, 2.05) is 61.5 Å². The van der Waals surface area contributed by atoms with E-state index >= 15 is 0 Å². The molecule has 1 aliphatic rings. The molecule has 0 unspecified atom stereocenters. The van der Waals surface area contributed by atoms with Crippen molar-refractivity contribution < 1.29 is 9.59 Å². The predicted molar refractivity (Wildman–Crippen MR) is 120 cm³/mol. The highest BCUT2D eigenvalue weighted by Gasteiger charge is 2.22. The number of aromatic nitrogens is 4. The van der Waals surface area contributed by atoms with Crippen LogP contribution in [0.15, 0.2) is 54.6 Å². The zero-order valence-corrected chi connectivity index (χ0v) is 18.3. The van der Waals surface area contributed by atoms with E-state index in [-0.39, 0.29) is 30.9 Å². The van der Waals surface area contributed by atoms with E-state index < -0.39 is 0 Å². The summed E-state index contributed by atoms with van der Waals surface area (Å²) in [6.07, 6.45) is 4.28. The quantitative estimate of drug-likeness (QED) is 0.591. The zero-order chi connectivity index (χ0) is 22.3. The first-order chi connectivity index (χ1) is 15.6. The summed E-state index contributed by atoms with van der Waals surface area (Å²) < 4.78 is 0. The van der Waals surface area contributed by atoms with E-state index in [2.05, 4.69) is 20.7 Å². The molecule has 8 heteroatoms. The molecule has 0 aliphatic heterocycles. The van der Waals surface area contributed by atoms with Crippen LogP contribution in [0.2, 0.25) is 0 Å². The summed E-state index contributed by atoms with van der Waals surface area (Å²) in [5.41, 5.74) is 2.94. The van der Waals surface area contributed by atoms with Crippen molar-refractivity contribution in [1.82, 2.24) is 30.4 Å². The number of nitrogens with zero attached hydrogens (tertiary/aromatic N) is 5. The summed E-state index contributed by atoms with van der Waals surface area (Å²) >= 11 is 0. The van der Waals surface area contributed by atoms with Gasteiger partial charge < -0.3 is 10.2 Å². The number of aryl methyl sites for hydroxylation is 1. The average Bonchev–Trinajstić information content (AvgIpc) is 3.47. The first-order valence-electron chi connectivity index (χ1n) is 11.0. The predicted octanol–water partition coefficient (Wildman–Crippen LogP) is 2.74. The minimum atomic E-state index is -0.233. The van der Waals surface area contributed by atoms with Crippen molar-refractivity contribution in [1.29, 1.82) is 0 Å². The molecular weight excluding hydrogens is 404 g/mol. The SMILES string of the molecule is Cc1ccc(-c2nnn(CC(=O)N(CC(=O)NC3CCCC3)Cc3ccccc3)n2)cc1. The highest BCUT2D eigenvalue weighted by Crippen LogP contribution is 2.18. The van der Waals surface area contributed by atoms with Gasteiger partial charge in [0, 0.05) is 18.2 Å². The first kappa shape index (κ1) is 21.7. The fourth-order valence-corrected chi connectivity index (χ4v) is 3.90. The minimum Gasteiger partial charge on any atom is -0.352 e. The molecule has 3 aromatic rings. The van der Waals surface area contributed by atoms with Gasteiger partial charge in [-0.2, -0.15) is 4.80 Å². The number of rotatable bonds is 8. The summed E-state index contributed by atoms with van der Waals surface area (Å²) in [6, 6.07) is 17.7. The van der Waals surface area contributed by atoms with Crippen LogP contribution in [0.3, 0.4) is 0 Å². The molecule has 4 rings (SSSR count). The fourth-order valence-electron chi connectivity index (χ4n) is 3.90. The minimum absolute atomic E-state index is 0.00371. The van der Waals surface area contributed by atoms with Gasteiger partial charge in [0.2, 0.25) is 17.6 Å². The number of amides is 2. The van der Waals surface area contributed by atoms with Gasteiger partial charge >= 0.3 is 0 Å². The van der Waals surface area contributed by atoms with Crippen LogP contribution in [0, 0.1) is 6.92 Å². The van der Waals surface area contributed by atoms with Crippen LogP contribution in [0.1, 0.15) is 36.8 Å². The van der Waals surface area contributed by atoms with Gasteiger partial charge in [0.15, 0.2) is 0 Å². The molecule has 1 aliphatic carbocycles. The topological polar surface area (TPSA) is 93.0 Å². The van der Waals surface area contributed by atoms with Gasteiger partial charge in [0.05, 0.1) is 6.54 Å². The molecule has 0 bridgehead atoms. The van der Waals surface area contributed by atoms with E-state index in [0.29, 0.717) is 12.4 Å². The third kappa shape index (κ3) is 5.78. The third-order valence-corrected chi connectivity index (χ3v) is 5.66. The van der Waals surface area contributed by atoms with Crippen molar-refractivity contribution in [3.05, 3.63) is 65.7 Å². The summed E-state index contributed by atoms with van der Waals surface area (Å²) in [5, 5.41) is 15.5. The lowest BCUT2D eigenvalue weighted by Gasteiger charge is -2.23.